The van der Waals surface area contributed by atoms with Crippen molar-refractivity contribution < 1.29 is 0 Å². The molecule has 0 nitrogen and oxygen atoms in total. The van der Waals surface area contributed by atoms with Crippen molar-refractivity contribution in [2.75, 3.05) is 0 Å². The van der Waals surface area contributed by atoms with Crippen molar-refractivity contribution in [1.29, 1.82) is 0 Å². The van der Waals surface area contributed by atoms with Crippen molar-refractivity contribution in [1.82, 2.24) is 0 Å². The van der Waals surface area contributed by atoms with Gasteiger partial charge in [-0.25, -0.2) is 0 Å². The van der Waals surface area contributed by atoms with Crippen LogP contribution in [0.4, 0.5) is 0 Å². The Bertz CT molecular complexity index is 500. The summed E-state index contributed by atoms with van der Waals surface area (Å²) in [6, 6.07) is 19.3. The average Bonchev–Trinajstić information content (AvgIpc) is 2.44. The maximum atomic E-state index is 2.25. The lowest BCUT2D eigenvalue weighted by Crippen LogP contribution is -1.80. The third-order valence-electron chi connectivity index (χ3n) is 2.65. The number of hydrogen-bond donors (Lipinski definition) is 0. The van der Waals surface area contributed by atoms with Gasteiger partial charge in [-0.2, -0.15) is 0 Å². The van der Waals surface area contributed by atoms with Crippen molar-refractivity contribution in [3.8, 4) is 0 Å². The summed E-state index contributed by atoms with van der Waals surface area (Å²) in [4.78, 5) is 1.33. The number of hydrogen-bond acceptors (Lipinski definition) is 1. The number of rotatable bonds is 5. The molecule has 92 valence electrons. The van der Waals surface area contributed by atoms with E-state index < -0.39 is 0 Å². The van der Waals surface area contributed by atoms with E-state index >= 15 is 0 Å². The molecule has 0 aliphatic rings. The summed E-state index contributed by atoms with van der Waals surface area (Å²) in [6.45, 7) is 2.16. The van der Waals surface area contributed by atoms with E-state index in [2.05, 4.69) is 73.7 Å². The van der Waals surface area contributed by atoms with Crippen molar-refractivity contribution in [3.63, 3.8) is 0 Å². The van der Waals surface area contributed by atoms with E-state index in [1.165, 1.54) is 16.0 Å². The molecule has 0 fully saturated rings. The molecule has 0 radical (unpaired) electrons. The predicted molar refractivity (Wildman–Crippen MR) is 81.8 cm³/mol. The van der Waals surface area contributed by atoms with Gasteiger partial charge < -0.3 is 0 Å². The molecule has 1 heteroatoms. The second kappa shape index (κ2) is 7.07. The second-order valence-corrected chi connectivity index (χ2v) is 5.21. The van der Waals surface area contributed by atoms with Crippen LogP contribution >= 0.6 is 11.8 Å². The molecule has 0 bridgehead atoms. The molecular formula is C17H18S. The van der Waals surface area contributed by atoms with Crippen LogP contribution in [-0.2, 0) is 5.75 Å². The van der Waals surface area contributed by atoms with Crippen LogP contribution in [0.25, 0.3) is 6.08 Å². The number of thioether (sulfide) groups is 1. The van der Waals surface area contributed by atoms with Gasteiger partial charge in [0.15, 0.2) is 0 Å². The van der Waals surface area contributed by atoms with E-state index in [1.807, 2.05) is 11.8 Å². The Morgan fingerprint density at radius 2 is 1.83 bits per heavy atom. The molecule has 0 N–H and O–H groups in total. The Morgan fingerprint density at radius 3 is 2.61 bits per heavy atom. The van der Waals surface area contributed by atoms with Crippen molar-refractivity contribution in [2.45, 2.75) is 24.0 Å². The van der Waals surface area contributed by atoms with E-state index in [-0.39, 0.29) is 0 Å². The molecule has 2 rings (SSSR count). The van der Waals surface area contributed by atoms with E-state index in [1.54, 1.807) is 0 Å². The minimum atomic E-state index is 1.03. The Kier molecular flexibility index (Phi) is 5.10. The lowest BCUT2D eigenvalue weighted by molar-refractivity contribution is 1.23. The molecule has 2 aromatic carbocycles. The van der Waals surface area contributed by atoms with E-state index in [0.29, 0.717) is 0 Å². The molecule has 0 atom stereocenters. The van der Waals surface area contributed by atoms with Gasteiger partial charge in [0.2, 0.25) is 0 Å². The summed E-state index contributed by atoms with van der Waals surface area (Å²) < 4.78 is 0. The van der Waals surface area contributed by atoms with Gasteiger partial charge >= 0.3 is 0 Å². The highest BCUT2D eigenvalue weighted by atomic mass is 32.2. The molecule has 0 aliphatic heterocycles. The van der Waals surface area contributed by atoms with Crippen molar-refractivity contribution in [3.05, 3.63) is 71.8 Å². The highest BCUT2D eigenvalue weighted by Crippen LogP contribution is 2.23. The molecule has 2 aromatic rings. The molecule has 0 amide bonds. The maximum absolute atomic E-state index is 2.25. The normalized spacial score (nSPS) is 10.9. The SMILES string of the molecule is CC/C=C/c1cccc(SCc2ccccc2)c1. The highest BCUT2D eigenvalue weighted by molar-refractivity contribution is 7.98. The minimum absolute atomic E-state index is 1.03. The Morgan fingerprint density at radius 1 is 1.00 bits per heavy atom. The Hall–Kier alpha value is -1.47. The second-order valence-electron chi connectivity index (χ2n) is 4.16. The fraction of sp³-hybridized carbons (Fsp3) is 0.176. The first-order valence-electron chi connectivity index (χ1n) is 6.32. The first-order chi connectivity index (χ1) is 8.88. The Labute approximate surface area is 114 Å². The molecule has 0 heterocycles. The highest BCUT2D eigenvalue weighted by Gasteiger charge is 1.96. The molecule has 0 aliphatic carbocycles. The molecule has 0 saturated carbocycles. The molecule has 18 heavy (non-hydrogen) atoms. The van der Waals surface area contributed by atoms with Gasteiger partial charge in [0.25, 0.3) is 0 Å². The lowest BCUT2D eigenvalue weighted by Gasteiger charge is -2.03. The third-order valence-corrected chi connectivity index (χ3v) is 3.72. The summed E-state index contributed by atoms with van der Waals surface area (Å²) in [5.41, 5.74) is 2.66. The average molecular weight is 254 g/mol. The van der Waals surface area contributed by atoms with Crippen LogP contribution in [-0.4, -0.2) is 0 Å². The standard InChI is InChI=1S/C17H18S/c1-2-3-8-15-11-7-12-17(13-15)18-14-16-9-5-4-6-10-16/h3-13H,2,14H2,1H3/b8-3+. The van der Waals surface area contributed by atoms with Gasteiger partial charge in [-0.1, -0.05) is 61.5 Å². The van der Waals surface area contributed by atoms with Crippen LogP contribution in [0.5, 0.6) is 0 Å². The van der Waals surface area contributed by atoms with Crippen LogP contribution in [0.15, 0.2) is 65.6 Å². The summed E-state index contributed by atoms with van der Waals surface area (Å²) >= 11 is 1.89. The van der Waals surface area contributed by atoms with Gasteiger partial charge in [-0.05, 0) is 29.7 Å². The zero-order chi connectivity index (χ0) is 12.6. The first kappa shape index (κ1) is 13.0. The fourth-order valence-corrected chi connectivity index (χ4v) is 2.62. The molecule has 0 saturated heterocycles. The van der Waals surface area contributed by atoms with Gasteiger partial charge in [0.05, 0.1) is 0 Å². The molecule has 0 unspecified atom stereocenters. The third kappa shape index (κ3) is 4.08. The quantitative estimate of drug-likeness (QED) is 0.643. The van der Waals surface area contributed by atoms with E-state index in [0.717, 1.165) is 12.2 Å². The number of allylic oxidation sites excluding steroid dienone is 1. The van der Waals surface area contributed by atoms with E-state index in [4.69, 9.17) is 0 Å². The van der Waals surface area contributed by atoms with Gasteiger partial charge in [-0.3, -0.25) is 0 Å². The van der Waals surface area contributed by atoms with Crippen LogP contribution in [0.1, 0.15) is 24.5 Å². The minimum Gasteiger partial charge on any atom is -0.121 e. The Balaban J connectivity index is 1.99. The largest absolute Gasteiger partial charge is 0.121 e. The molecular weight excluding hydrogens is 236 g/mol. The van der Waals surface area contributed by atoms with Crippen LogP contribution in [0.3, 0.4) is 0 Å². The van der Waals surface area contributed by atoms with Crippen molar-refractivity contribution >= 4 is 17.8 Å². The number of benzene rings is 2. The molecule has 0 aromatic heterocycles. The summed E-state index contributed by atoms with van der Waals surface area (Å²) in [5, 5.41) is 0. The van der Waals surface area contributed by atoms with Crippen LogP contribution < -0.4 is 0 Å². The van der Waals surface area contributed by atoms with Gasteiger partial charge in [0.1, 0.15) is 0 Å². The van der Waals surface area contributed by atoms with Gasteiger partial charge in [-0.15, -0.1) is 11.8 Å². The lowest BCUT2D eigenvalue weighted by atomic mass is 10.2. The van der Waals surface area contributed by atoms with E-state index in [9.17, 15) is 0 Å². The summed E-state index contributed by atoms with van der Waals surface area (Å²) in [7, 11) is 0. The zero-order valence-electron chi connectivity index (χ0n) is 10.7. The monoisotopic (exact) mass is 254 g/mol. The predicted octanol–water partition coefficient (Wildman–Crippen LogP) is 5.40. The smallest absolute Gasteiger partial charge is 0.0231 e. The summed E-state index contributed by atoms with van der Waals surface area (Å²) in [6.07, 6.45) is 5.47. The maximum Gasteiger partial charge on any atom is 0.0231 e. The first-order valence-corrected chi connectivity index (χ1v) is 7.30. The topological polar surface area (TPSA) is 0 Å². The summed E-state index contributed by atoms with van der Waals surface area (Å²) in [5.74, 6) is 1.03. The molecule has 0 spiro atoms. The van der Waals surface area contributed by atoms with Crippen LogP contribution in [0, 0.1) is 0 Å². The van der Waals surface area contributed by atoms with Crippen LogP contribution in [0.2, 0.25) is 0 Å². The van der Waals surface area contributed by atoms with Crippen molar-refractivity contribution in [2.24, 2.45) is 0 Å². The zero-order valence-corrected chi connectivity index (χ0v) is 11.5. The van der Waals surface area contributed by atoms with Gasteiger partial charge in [0, 0.05) is 10.6 Å². The fourth-order valence-electron chi connectivity index (χ4n) is 1.70.